The molecule has 1 aromatic heterocycles. The van der Waals surface area contributed by atoms with Gasteiger partial charge < -0.3 is 4.74 Å². The Hall–Kier alpha value is -1.44. The summed E-state index contributed by atoms with van der Waals surface area (Å²) in [6.45, 7) is 1.52. The molecule has 0 fully saturated rings. The van der Waals surface area contributed by atoms with E-state index in [0.717, 1.165) is 0 Å². The lowest BCUT2D eigenvalue weighted by Gasteiger charge is -2.14. The molecule has 0 aromatic carbocycles. The van der Waals surface area contributed by atoms with Gasteiger partial charge in [-0.1, -0.05) is 11.6 Å². The third kappa shape index (κ3) is 3.78. The Morgan fingerprint density at radius 3 is 2.50 bits per heavy atom. The smallest absolute Gasteiger partial charge is 0.434 e. The average molecular weight is 318 g/mol. The zero-order valence-electron chi connectivity index (χ0n) is 10.1. The summed E-state index contributed by atoms with van der Waals surface area (Å²) in [5.41, 5.74) is -3.06. The van der Waals surface area contributed by atoms with Crippen LogP contribution in [0, 0.1) is 0 Å². The molecule has 9 heteroatoms. The molecule has 0 saturated carbocycles. The number of hydrogen-bond acceptors (Lipinski definition) is 3. The Morgan fingerprint density at radius 1 is 1.45 bits per heavy atom. The highest BCUT2D eigenvalue weighted by molar-refractivity contribution is 6.32. The van der Waals surface area contributed by atoms with E-state index >= 15 is 0 Å². The fraction of sp³-hybridized carbons (Fsp3) is 0.455. The van der Waals surface area contributed by atoms with Gasteiger partial charge in [0, 0.05) is 11.8 Å². The Balaban J connectivity index is 3.27. The van der Waals surface area contributed by atoms with E-state index in [1.165, 1.54) is 6.92 Å². The number of halogens is 6. The number of carbonyl (C=O) groups excluding carboxylic acids is 1. The van der Waals surface area contributed by atoms with Gasteiger partial charge >= 0.3 is 12.1 Å². The van der Waals surface area contributed by atoms with Gasteiger partial charge in [-0.15, -0.1) is 0 Å². The first-order chi connectivity index (χ1) is 9.18. The van der Waals surface area contributed by atoms with Gasteiger partial charge in [0.25, 0.3) is 6.43 Å². The number of aromatic nitrogens is 1. The van der Waals surface area contributed by atoms with Gasteiger partial charge in [0.1, 0.15) is 0 Å². The maximum atomic E-state index is 12.9. The molecule has 0 unspecified atom stereocenters. The second-order valence-corrected chi connectivity index (χ2v) is 4.02. The van der Waals surface area contributed by atoms with E-state index in [9.17, 15) is 26.7 Å². The first-order valence-corrected chi connectivity index (χ1v) is 5.74. The van der Waals surface area contributed by atoms with Crippen LogP contribution in [0.2, 0.25) is 5.02 Å². The molecule has 0 bridgehead atoms. The summed E-state index contributed by atoms with van der Waals surface area (Å²) >= 11 is 5.34. The maximum absolute atomic E-state index is 12.9. The number of alkyl halides is 5. The summed E-state index contributed by atoms with van der Waals surface area (Å²) < 4.78 is 67.8. The van der Waals surface area contributed by atoms with Gasteiger partial charge in [0.05, 0.1) is 18.1 Å². The zero-order valence-corrected chi connectivity index (χ0v) is 10.9. The van der Waals surface area contributed by atoms with Crippen molar-refractivity contribution in [3.8, 4) is 0 Å². The third-order valence-electron chi connectivity index (χ3n) is 2.27. The second-order valence-electron chi connectivity index (χ2n) is 3.64. The van der Waals surface area contributed by atoms with Crippen LogP contribution in [0.4, 0.5) is 22.0 Å². The van der Waals surface area contributed by atoms with Crippen LogP contribution >= 0.6 is 11.6 Å². The summed E-state index contributed by atoms with van der Waals surface area (Å²) in [4.78, 5) is 14.2. The molecular formula is C11H9ClF5NO2. The molecule has 0 atom stereocenters. The van der Waals surface area contributed by atoms with Gasteiger partial charge in [-0.05, 0) is 12.5 Å². The molecule has 0 N–H and O–H groups in total. The first kappa shape index (κ1) is 16.6. The Morgan fingerprint density at radius 2 is 2.05 bits per heavy atom. The van der Waals surface area contributed by atoms with E-state index in [1.807, 2.05) is 0 Å². The van der Waals surface area contributed by atoms with Gasteiger partial charge in [-0.3, -0.25) is 9.78 Å². The molecule has 1 aromatic rings. The quantitative estimate of drug-likeness (QED) is 0.626. The minimum absolute atomic E-state index is 0.0185. The number of esters is 1. The molecule has 0 spiro atoms. The summed E-state index contributed by atoms with van der Waals surface area (Å²) in [6, 6.07) is 0. The Bertz CT molecular complexity index is 504. The lowest BCUT2D eigenvalue weighted by Crippen LogP contribution is -2.15. The summed E-state index contributed by atoms with van der Waals surface area (Å²) in [7, 11) is 0. The summed E-state index contributed by atoms with van der Waals surface area (Å²) in [6.07, 6.45) is -8.29. The van der Waals surface area contributed by atoms with E-state index in [1.54, 1.807) is 0 Å². The van der Waals surface area contributed by atoms with Crippen LogP contribution in [0.25, 0.3) is 0 Å². The lowest BCUT2D eigenvalue weighted by molar-refractivity contribution is -0.142. The number of carbonyl (C=O) groups is 1. The fourth-order valence-corrected chi connectivity index (χ4v) is 1.84. The topological polar surface area (TPSA) is 39.2 Å². The van der Waals surface area contributed by atoms with Crippen molar-refractivity contribution in [2.24, 2.45) is 0 Å². The molecular weight excluding hydrogens is 309 g/mol. The number of rotatable bonds is 4. The number of hydrogen-bond donors (Lipinski definition) is 0. The van der Waals surface area contributed by atoms with E-state index in [-0.39, 0.29) is 6.61 Å². The standard InChI is InChI=1S/C11H9ClF5NO2/c1-2-20-6(19)3-5-4-18-9(11(15,16)17)8(12)7(5)10(13)14/h4,10H,2-3H2,1H3. The Kier molecular flexibility index (Phi) is 5.27. The molecule has 0 radical (unpaired) electrons. The minimum atomic E-state index is -4.96. The van der Waals surface area contributed by atoms with Crippen molar-refractivity contribution in [1.82, 2.24) is 4.98 Å². The molecule has 0 aliphatic heterocycles. The van der Waals surface area contributed by atoms with Crippen LogP contribution in [0.15, 0.2) is 6.20 Å². The van der Waals surface area contributed by atoms with Crippen molar-refractivity contribution < 1.29 is 31.5 Å². The SMILES string of the molecule is CCOC(=O)Cc1cnc(C(F)(F)F)c(Cl)c1C(F)F. The Labute approximate surface area is 115 Å². The van der Waals surface area contributed by atoms with Crippen LogP contribution in [-0.2, 0) is 22.1 Å². The van der Waals surface area contributed by atoms with Crippen molar-refractivity contribution >= 4 is 17.6 Å². The minimum Gasteiger partial charge on any atom is -0.466 e. The summed E-state index contributed by atoms with van der Waals surface area (Å²) in [5, 5.41) is -1.20. The van der Waals surface area contributed by atoms with E-state index in [2.05, 4.69) is 9.72 Å². The summed E-state index contributed by atoms with van der Waals surface area (Å²) in [5.74, 6) is -0.855. The van der Waals surface area contributed by atoms with Gasteiger partial charge in [-0.2, -0.15) is 13.2 Å². The second kappa shape index (κ2) is 6.34. The average Bonchev–Trinajstić information content (AvgIpc) is 2.26. The van der Waals surface area contributed by atoms with Gasteiger partial charge in [0.15, 0.2) is 5.69 Å². The molecule has 0 aliphatic rings. The zero-order chi connectivity index (χ0) is 15.5. The normalized spacial score (nSPS) is 11.8. The molecule has 20 heavy (non-hydrogen) atoms. The van der Waals surface area contributed by atoms with Crippen LogP contribution in [0.5, 0.6) is 0 Å². The van der Waals surface area contributed by atoms with E-state index < -0.39 is 46.8 Å². The van der Waals surface area contributed by atoms with Crippen molar-refractivity contribution in [3.05, 3.63) is 28.0 Å². The monoisotopic (exact) mass is 317 g/mol. The molecule has 0 saturated heterocycles. The maximum Gasteiger partial charge on any atom is 0.434 e. The van der Waals surface area contributed by atoms with Crippen molar-refractivity contribution in [1.29, 1.82) is 0 Å². The van der Waals surface area contributed by atoms with Crippen LogP contribution in [-0.4, -0.2) is 17.6 Å². The fourth-order valence-electron chi connectivity index (χ4n) is 1.48. The van der Waals surface area contributed by atoms with Crippen LogP contribution < -0.4 is 0 Å². The highest BCUT2D eigenvalue weighted by Crippen LogP contribution is 2.39. The molecule has 0 aliphatic carbocycles. The van der Waals surface area contributed by atoms with Crippen molar-refractivity contribution in [2.45, 2.75) is 25.9 Å². The molecule has 0 amide bonds. The number of pyridine rings is 1. The van der Waals surface area contributed by atoms with E-state index in [0.29, 0.717) is 6.20 Å². The third-order valence-corrected chi connectivity index (χ3v) is 2.65. The molecule has 3 nitrogen and oxygen atoms in total. The van der Waals surface area contributed by atoms with Gasteiger partial charge in [-0.25, -0.2) is 8.78 Å². The highest BCUT2D eigenvalue weighted by Gasteiger charge is 2.38. The van der Waals surface area contributed by atoms with Crippen LogP contribution in [0.1, 0.15) is 30.2 Å². The van der Waals surface area contributed by atoms with E-state index in [4.69, 9.17) is 11.6 Å². The number of nitrogens with zero attached hydrogens (tertiary/aromatic N) is 1. The molecule has 112 valence electrons. The van der Waals surface area contributed by atoms with Crippen LogP contribution in [0.3, 0.4) is 0 Å². The number of ether oxygens (including phenoxy) is 1. The molecule has 1 rings (SSSR count). The molecule has 1 heterocycles. The largest absolute Gasteiger partial charge is 0.466 e. The predicted molar refractivity (Wildman–Crippen MR) is 59.5 cm³/mol. The van der Waals surface area contributed by atoms with Crippen molar-refractivity contribution in [2.75, 3.05) is 6.61 Å². The lowest BCUT2D eigenvalue weighted by atomic mass is 10.1. The van der Waals surface area contributed by atoms with Gasteiger partial charge in [0.2, 0.25) is 0 Å². The first-order valence-electron chi connectivity index (χ1n) is 5.36. The van der Waals surface area contributed by atoms with Crippen molar-refractivity contribution in [3.63, 3.8) is 0 Å². The predicted octanol–water partition coefficient (Wildman–Crippen LogP) is 3.80. The highest BCUT2D eigenvalue weighted by atomic mass is 35.5.